The van der Waals surface area contributed by atoms with Gasteiger partial charge in [0.2, 0.25) is 5.91 Å². The number of amides is 1. The van der Waals surface area contributed by atoms with E-state index < -0.39 is 0 Å². The number of piperidine rings is 1. The molecule has 1 amide bonds. The molecule has 1 unspecified atom stereocenters. The van der Waals surface area contributed by atoms with Gasteiger partial charge in [0.1, 0.15) is 0 Å². The van der Waals surface area contributed by atoms with Gasteiger partial charge in [0, 0.05) is 19.1 Å². The first kappa shape index (κ1) is 13.1. The summed E-state index contributed by atoms with van der Waals surface area (Å²) in [5, 5.41) is 0. The summed E-state index contributed by atoms with van der Waals surface area (Å²) in [7, 11) is 0. The predicted octanol–water partition coefficient (Wildman–Crippen LogP) is 1.88. The van der Waals surface area contributed by atoms with Crippen LogP contribution in [0.5, 0.6) is 0 Å². The van der Waals surface area contributed by atoms with Crippen molar-refractivity contribution in [3.05, 3.63) is 35.4 Å². The Morgan fingerprint density at radius 3 is 2.89 bits per heavy atom. The Morgan fingerprint density at radius 1 is 1.39 bits per heavy atom. The molecule has 1 saturated heterocycles. The minimum absolute atomic E-state index is 0.222. The van der Waals surface area contributed by atoms with Crippen LogP contribution in [0.1, 0.15) is 30.4 Å². The highest BCUT2D eigenvalue weighted by molar-refractivity contribution is 5.79. The Kier molecular flexibility index (Phi) is 4.37. The van der Waals surface area contributed by atoms with Crippen LogP contribution in [0.15, 0.2) is 24.3 Å². The third-order valence-corrected chi connectivity index (χ3v) is 3.82. The zero-order valence-corrected chi connectivity index (χ0v) is 11.1. The molecule has 1 heterocycles. The van der Waals surface area contributed by atoms with Crippen molar-refractivity contribution in [1.82, 2.24) is 4.90 Å². The molecule has 1 aromatic rings. The normalized spacial score (nSPS) is 19.9. The SMILES string of the molecule is Cc1ccccc1CC(=O)N1CCCCC1CN. The van der Waals surface area contributed by atoms with Crippen LogP contribution in [0.2, 0.25) is 0 Å². The fourth-order valence-corrected chi connectivity index (χ4v) is 2.65. The van der Waals surface area contributed by atoms with Gasteiger partial charge in [0.15, 0.2) is 0 Å². The highest BCUT2D eigenvalue weighted by Crippen LogP contribution is 2.18. The predicted molar refractivity (Wildman–Crippen MR) is 73.3 cm³/mol. The van der Waals surface area contributed by atoms with Crippen LogP contribution in [0.3, 0.4) is 0 Å². The zero-order chi connectivity index (χ0) is 13.0. The van der Waals surface area contributed by atoms with E-state index in [0.29, 0.717) is 13.0 Å². The summed E-state index contributed by atoms with van der Waals surface area (Å²) >= 11 is 0. The number of nitrogens with zero attached hydrogens (tertiary/aromatic N) is 1. The third kappa shape index (κ3) is 2.91. The van der Waals surface area contributed by atoms with E-state index in [9.17, 15) is 4.79 Å². The van der Waals surface area contributed by atoms with Crippen molar-refractivity contribution in [2.75, 3.05) is 13.1 Å². The number of carbonyl (C=O) groups is 1. The maximum Gasteiger partial charge on any atom is 0.227 e. The molecule has 1 aromatic carbocycles. The smallest absolute Gasteiger partial charge is 0.227 e. The number of carbonyl (C=O) groups excluding carboxylic acids is 1. The molecule has 1 aliphatic heterocycles. The van der Waals surface area contributed by atoms with Gasteiger partial charge in [-0.2, -0.15) is 0 Å². The van der Waals surface area contributed by atoms with Gasteiger partial charge in [-0.1, -0.05) is 24.3 Å². The average molecular weight is 246 g/mol. The molecule has 1 atom stereocenters. The number of nitrogens with two attached hydrogens (primary N) is 1. The van der Waals surface area contributed by atoms with Crippen molar-refractivity contribution in [2.24, 2.45) is 5.73 Å². The molecular weight excluding hydrogens is 224 g/mol. The molecule has 3 nitrogen and oxygen atoms in total. The molecule has 2 N–H and O–H groups in total. The molecule has 98 valence electrons. The topological polar surface area (TPSA) is 46.3 Å². The molecule has 3 heteroatoms. The monoisotopic (exact) mass is 246 g/mol. The number of aryl methyl sites for hydroxylation is 1. The van der Waals surface area contributed by atoms with E-state index in [1.165, 1.54) is 12.0 Å². The van der Waals surface area contributed by atoms with Crippen molar-refractivity contribution in [1.29, 1.82) is 0 Å². The second kappa shape index (κ2) is 6.01. The summed E-state index contributed by atoms with van der Waals surface area (Å²) in [6.07, 6.45) is 3.85. The largest absolute Gasteiger partial charge is 0.338 e. The van der Waals surface area contributed by atoms with Crippen LogP contribution >= 0.6 is 0 Å². The van der Waals surface area contributed by atoms with Gasteiger partial charge in [0.05, 0.1) is 6.42 Å². The van der Waals surface area contributed by atoms with Crippen LogP contribution in [0.25, 0.3) is 0 Å². The second-order valence-electron chi connectivity index (χ2n) is 5.08. The minimum Gasteiger partial charge on any atom is -0.338 e. The first-order chi connectivity index (χ1) is 8.72. The Bertz CT molecular complexity index is 417. The number of benzene rings is 1. The van der Waals surface area contributed by atoms with Crippen molar-refractivity contribution < 1.29 is 4.79 Å². The molecule has 1 aliphatic rings. The fraction of sp³-hybridized carbons (Fsp3) is 0.533. The molecular formula is C15H22N2O. The summed E-state index contributed by atoms with van der Waals surface area (Å²) in [5.41, 5.74) is 8.08. The average Bonchev–Trinajstić information content (AvgIpc) is 2.41. The van der Waals surface area contributed by atoms with Gasteiger partial charge in [-0.05, 0) is 37.3 Å². The van der Waals surface area contributed by atoms with Crippen molar-refractivity contribution in [3.8, 4) is 0 Å². The third-order valence-electron chi connectivity index (χ3n) is 3.82. The number of rotatable bonds is 3. The van der Waals surface area contributed by atoms with E-state index in [0.717, 1.165) is 24.9 Å². The standard InChI is InChI=1S/C15H22N2O/c1-12-6-2-3-7-13(12)10-15(18)17-9-5-4-8-14(17)11-16/h2-3,6-7,14H,4-5,8-11,16H2,1H3. The first-order valence-corrected chi connectivity index (χ1v) is 6.76. The molecule has 1 fully saturated rings. The lowest BCUT2D eigenvalue weighted by Crippen LogP contribution is -2.48. The summed E-state index contributed by atoms with van der Waals surface area (Å²) < 4.78 is 0. The van der Waals surface area contributed by atoms with E-state index in [-0.39, 0.29) is 11.9 Å². The fourth-order valence-electron chi connectivity index (χ4n) is 2.65. The zero-order valence-electron chi connectivity index (χ0n) is 11.1. The maximum absolute atomic E-state index is 12.4. The van der Waals surface area contributed by atoms with Gasteiger partial charge in [-0.3, -0.25) is 4.79 Å². The summed E-state index contributed by atoms with van der Waals surface area (Å²) in [6.45, 7) is 3.51. The lowest BCUT2D eigenvalue weighted by Gasteiger charge is -2.35. The Balaban J connectivity index is 2.05. The van der Waals surface area contributed by atoms with Crippen molar-refractivity contribution in [3.63, 3.8) is 0 Å². The second-order valence-corrected chi connectivity index (χ2v) is 5.08. The van der Waals surface area contributed by atoms with Crippen LogP contribution in [-0.4, -0.2) is 29.9 Å². The lowest BCUT2D eigenvalue weighted by molar-refractivity contribution is -0.133. The lowest BCUT2D eigenvalue weighted by atomic mass is 10.00. The Morgan fingerprint density at radius 2 is 2.17 bits per heavy atom. The molecule has 2 rings (SSSR count). The highest BCUT2D eigenvalue weighted by atomic mass is 16.2. The number of hydrogen-bond acceptors (Lipinski definition) is 2. The van der Waals surface area contributed by atoms with Crippen LogP contribution < -0.4 is 5.73 Å². The quantitative estimate of drug-likeness (QED) is 0.885. The van der Waals surface area contributed by atoms with Crippen LogP contribution in [0, 0.1) is 6.92 Å². The number of hydrogen-bond donors (Lipinski definition) is 1. The van der Waals surface area contributed by atoms with Crippen LogP contribution in [-0.2, 0) is 11.2 Å². The Hall–Kier alpha value is -1.35. The van der Waals surface area contributed by atoms with E-state index in [1.54, 1.807) is 0 Å². The van der Waals surface area contributed by atoms with Gasteiger partial charge < -0.3 is 10.6 Å². The van der Waals surface area contributed by atoms with Gasteiger partial charge >= 0.3 is 0 Å². The summed E-state index contributed by atoms with van der Waals surface area (Å²) in [6, 6.07) is 8.34. The van der Waals surface area contributed by atoms with E-state index in [2.05, 4.69) is 13.0 Å². The molecule has 0 saturated carbocycles. The molecule has 0 spiro atoms. The molecule has 0 radical (unpaired) electrons. The van der Waals surface area contributed by atoms with Gasteiger partial charge in [-0.25, -0.2) is 0 Å². The highest BCUT2D eigenvalue weighted by Gasteiger charge is 2.25. The van der Waals surface area contributed by atoms with Crippen LogP contribution in [0.4, 0.5) is 0 Å². The number of likely N-dealkylation sites (tertiary alicyclic amines) is 1. The summed E-state index contributed by atoms with van der Waals surface area (Å²) in [4.78, 5) is 14.3. The van der Waals surface area contributed by atoms with E-state index in [4.69, 9.17) is 5.73 Å². The molecule has 0 aliphatic carbocycles. The molecule has 0 bridgehead atoms. The van der Waals surface area contributed by atoms with Gasteiger partial charge in [-0.15, -0.1) is 0 Å². The summed E-state index contributed by atoms with van der Waals surface area (Å²) in [5.74, 6) is 0.222. The minimum atomic E-state index is 0.222. The van der Waals surface area contributed by atoms with E-state index >= 15 is 0 Å². The first-order valence-electron chi connectivity index (χ1n) is 6.76. The molecule has 18 heavy (non-hydrogen) atoms. The molecule has 0 aromatic heterocycles. The Labute approximate surface area is 109 Å². The van der Waals surface area contributed by atoms with Crippen molar-refractivity contribution >= 4 is 5.91 Å². The maximum atomic E-state index is 12.4. The van der Waals surface area contributed by atoms with Crippen molar-refractivity contribution in [2.45, 2.75) is 38.6 Å². The van der Waals surface area contributed by atoms with E-state index in [1.807, 2.05) is 23.1 Å². The van der Waals surface area contributed by atoms with Gasteiger partial charge in [0.25, 0.3) is 0 Å².